The minimum Gasteiger partial charge on any atom is -0.507 e. The van der Waals surface area contributed by atoms with Crippen LogP contribution in [0.2, 0.25) is 10.0 Å². The van der Waals surface area contributed by atoms with Crippen LogP contribution in [0.4, 0.5) is 0 Å². The van der Waals surface area contributed by atoms with Crippen molar-refractivity contribution >= 4 is 29.1 Å². The summed E-state index contributed by atoms with van der Waals surface area (Å²) in [5, 5.41) is 23.5. The van der Waals surface area contributed by atoms with Gasteiger partial charge in [0.05, 0.1) is 27.9 Å². The van der Waals surface area contributed by atoms with Crippen LogP contribution >= 0.6 is 23.2 Å². The lowest BCUT2D eigenvalue weighted by atomic mass is 9.74. The fraction of sp³-hybridized carbons (Fsp3) is 0.286. The second-order valence-corrected chi connectivity index (χ2v) is 13.3. The van der Waals surface area contributed by atoms with E-state index in [2.05, 4.69) is 45.1 Å². The number of nitriles is 1. The van der Waals surface area contributed by atoms with Gasteiger partial charge in [-0.3, -0.25) is 4.79 Å². The number of amides is 1. The first-order chi connectivity index (χ1) is 20.4. The number of phenols is 1. The molecule has 6 nitrogen and oxygen atoms in total. The Kier molecular flexibility index (Phi) is 8.42. The Balaban J connectivity index is 1.53. The molecule has 1 amide bonds. The first-order valence-electron chi connectivity index (χ1n) is 14.1. The van der Waals surface area contributed by atoms with Crippen LogP contribution in [0.5, 0.6) is 11.6 Å². The van der Waals surface area contributed by atoms with Gasteiger partial charge in [-0.1, -0.05) is 61.3 Å². The minimum atomic E-state index is -0.479. The molecular formula is C35H33Cl2N3O3. The zero-order valence-electron chi connectivity index (χ0n) is 24.5. The largest absolute Gasteiger partial charge is 0.507 e. The highest BCUT2D eigenvalue weighted by molar-refractivity contribution is 6.33. The molecule has 1 unspecified atom stereocenters. The predicted molar refractivity (Wildman–Crippen MR) is 171 cm³/mol. The number of hydrogen-bond acceptors (Lipinski definition) is 5. The van der Waals surface area contributed by atoms with Gasteiger partial charge in [-0.05, 0) is 92.1 Å². The standard InChI is InChI=1S/C35H33Cl2N3O3/c1-34(2,20-39-32(42)26-7-5-6-8-30(26)41)17-23-18-35(3,4)43-33-28(23)16-27(22-10-12-24(36)13-11-22)31(40-33)25-14-9-21(19-38)15-29(25)37/h5-16,23,41H,17-18,20H2,1-4H3,(H,39,42). The van der Waals surface area contributed by atoms with Gasteiger partial charge in [-0.15, -0.1) is 0 Å². The number of rotatable bonds is 7. The summed E-state index contributed by atoms with van der Waals surface area (Å²) >= 11 is 12.9. The lowest BCUT2D eigenvalue weighted by Gasteiger charge is -2.40. The maximum Gasteiger partial charge on any atom is 0.255 e. The smallest absolute Gasteiger partial charge is 0.255 e. The Hall–Kier alpha value is -4.05. The molecule has 0 saturated carbocycles. The Morgan fingerprint density at radius 1 is 1.09 bits per heavy atom. The van der Waals surface area contributed by atoms with E-state index in [0.717, 1.165) is 29.5 Å². The quantitative estimate of drug-likeness (QED) is 0.217. The van der Waals surface area contributed by atoms with Crippen LogP contribution in [0.15, 0.2) is 72.8 Å². The number of carbonyl (C=O) groups is 1. The molecule has 1 aliphatic rings. The monoisotopic (exact) mass is 613 g/mol. The van der Waals surface area contributed by atoms with Crippen LogP contribution in [-0.4, -0.2) is 28.1 Å². The predicted octanol–water partition coefficient (Wildman–Crippen LogP) is 8.79. The molecule has 2 N–H and O–H groups in total. The minimum absolute atomic E-state index is 0.0445. The SMILES string of the molecule is CC(C)(CNC(=O)c1ccccc1O)CC1CC(C)(C)Oc2nc(-c3ccc(C#N)cc3Cl)c(-c3ccc(Cl)cc3)cc21. The fourth-order valence-corrected chi connectivity index (χ4v) is 6.12. The number of carbonyl (C=O) groups excluding carboxylic acids is 1. The van der Waals surface area contributed by atoms with Crippen LogP contribution in [0.1, 0.15) is 67.9 Å². The summed E-state index contributed by atoms with van der Waals surface area (Å²) in [5.41, 5.74) is 4.09. The van der Waals surface area contributed by atoms with Crippen molar-refractivity contribution in [2.45, 2.75) is 52.1 Å². The maximum atomic E-state index is 12.8. The van der Waals surface area contributed by atoms with Crippen molar-refractivity contribution < 1.29 is 14.6 Å². The Labute approximate surface area is 262 Å². The van der Waals surface area contributed by atoms with Gasteiger partial charge in [0.25, 0.3) is 5.91 Å². The second kappa shape index (κ2) is 11.9. The number of phenolic OH excluding ortho intramolecular Hbond substituents is 1. The topological polar surface area (TPSA) is 95.2 Å². The third-order valence-corrected chi connectivity index (χ3v) is 8.31. The molecule has 0 fully saturated rings. The van der Waals surface area contributed by atoms with Gasteiger partial charge < -0.3 is 15.2 Å². The number of aromatic hydroxyl groups is 1. The lowest BCUT2D eigenvalue weighted by Crippen LogP contribution is -2.39. The van der Waals surface area contributed by atoms with E-state index in [1.807, 2.05) is 30.3 Å². The highest BCUT2D eigenvalue weighted by Crippen LogP contribution is 2.48. The van der Waals surface area contributed by atoms with Gasteiger partial charge in [0, 0.05) is 28.3 Å². The van der Waals surface area contributed by atoms with Crippen molar-refractivity contribution in [3.8, 4) is 40.1 Å². The molecule has 2 heterocycles. The maximum absolute atomic E-state index is 12.8. The van der Waals surface area contributed by atoms with Gasteiger partial charge in [-0.25, -0.2) is 4.98 Å². The molecule has 43 heavy (non-hydrogen) atoms. The number of benzene rings is 3. The molecule has 0 aliphatic carbocycles. The number of nitrogens with one attached hydrogen (secondary N) is 1. The number of pyridine rings is 1. The van der Waals surface area contributed by atoms with Crippen molar-refractivity contribution in [3.63, 3.8) is 0 Å². The van der Waals surface area contributed by atoms with Crippen molar-refractivity contribution in [1.82, 2.24) is 10.3 Å². The van der Waals surface area contributed by atoms with E-state index >= 15 is 0 Å². The van der Waals surface area contributed by atoms with Crippen molar-refractivity contribution in [1.29, 1.82) is 5.26 Å². The molecule has 3 aromatic carbocycles. The van der Waals surface area contributed by atoms with Gasteiger partial charge >= 0.3 is 0 Å². The first-order valence-corrected chi connectivity index (χ1v) is 14.9. The van der Waals surface area contributed by atoms with E-state index in [4.69, 9.17) is 32.9 Å². The number of aromatic nitrogens is 1. The van der Waals surface area contributed by atoms with Crippen LogP contribution in [-0.2, 0) is 0 Å². The molecule has 0 saturated heterocycles. The van der Waals surface area contributed by atoms with Crippen molar-refractivity contribution in [2.75, 3.05) is 6.54 Å². The van der Waals surface area contributed by atoms with Gasteiger partial charge in [0.2, 0.25) is 5.88 Å². The molecule has 0 spiro atoms. The molecule has 1 atom stereocenters. The van der Waals surface area contributed by atoms with E-state index in [0.29, 0.717) is 39.3 Å². The lowest BCUT2D eigenvalue weighted by molar-refractivity contribution is 0.0572. The fourth-order valence-electron chi connectivity index (χ4n) is 5.73. The van der Waals surface area contributed by atoms with Crippen molar-refractivity contribution in [3.05, 3.63) is 99.5 Å². The number of fused-ring (bicyclic) bond motifs is 1. The summed E-state index contributed by atoms with van der Waals surface area (Å²) in [6, 6.07) is 23.6. The highest BCUT2D eigenvalue weighted by atomic mass is 35.5. The number of para-hydroxylation sites is 1. The van der Waals surface area contributed by atoms with E-state index in [1.54, 1.807) is 30.3 Å². The molecule has 8 heteroatoms. The number of halogens is 2. The normalized spacial score (nSPS) is 15.6. The zero-order chi connectivity index (χ0) is 30.9. The summed E-state index contributed by atoms with van der Waals surface area (Å²) in [5.74, 6) is 0.273. The molecule has 4 aromatic rings. The van der Waals surface area contributed by atoms with Crippen LogP contribution < -0.4 is 10.1 Å². The number of hydrogen-bond donors (Lipinski definition) is 2. The summed E-state index contributed by atoms with van der Waals surface area (Å²) in [6.07, 6.45) is 1.52. The first kappa shape index (κ1) is 30.4. The van der Waals surface area contributed by atoms with Gasteiger partial charge in [-0.2, -0.15) is 5.26 Å². The molecule has 1 aliphatic heterocycles. The Morgan fingerprint density at radius 2 is 1.81 bits per heavy atom. The van der Waals surface area contributed by atoms with E-state index in [-0.39, 0.29) is 28.6 Å². The van der Waals surface area contributed by atoms with Crippen molar-refractivity contribution in [2.24, 2.45) is 5.41 Å². The molecule has 1 aromatic heterocycles. The number of nitrogens with zero attached hydrogens (tertiary/aromatic N) is 2. The Bertz CT molecular complexity index is 1730. The van der Waals surface area contributed by atoms with E-state index < -0.39 is 5.60 Å². The Morgan fingerprint density at radius 3 is 2.49 bits per heavy atom. The summed E-state index contributed by atoms with van der Waals surface area (Å²) in [7, 11) is 0. The molecule has 5 rings (SSSR count). The third kappa shape index (κ3) is 6.80. The summed E-state index contributed by atoms with van der Waals surface area (Å²) in [6.45, 7) is 8.78. The van der Waals surface area contributed by atoms with Crippen LogP contribution in [0.25, 0.3) is 22.4 Å². The number of ether oxygens (including phenoxy) is 1. The van der Waals surface area contributed by atoms with Crippen LogP contribution in [0.3, 0.4) is 0 Å². The average Bonchev–Trinajstić information content (AvgIpc) is 2.95. The second-order valence-electron chi connectivity index (χ2n) is 12.4. The highest BCUT2D eigenvalue weighted by Gasteiger charge is 2.38. The van der Waals surface area contributed by atoms with Crippen LogP contribution in [0, 0.1) is 16.7 Å². The molecule has 220 valence electrons. The zero-order valence-corrected chi connectivity index (χ0v) is 26.1. The van der Waals surface area contributed by atoms with E-state index in [9.17, 15) is 15.2 Å². The summed E-state index contributed by atoms with van der Waals surface area (Å²) in [4.78, 5) is 17.9. The van der Waals surface area contributed by atoms with Gasteiger partial charge in [0.15, 0.2) is 0 Å². The van der Waals surface area contributed by atoms with E-state index in [1.165, 1.54) is 6.07 Å². The third-order valence-electron chi connectivity index (χ3n) is 7.75. The average molecular weight is 615 g/mol. The van der Waals surface area contributed by atoms with Gasteiger partial charge in [0.1, 0.15) is 11.4 Å². The molecular weight excluding hydrogens is 581 g/mol. The summed E-state index contributed by atoms with van der Waals surface area (Å²) < 4.78 is 6.46. The molecule has 0 radical (unpaired) electrons. The molecule has 0 bridgehead atoms.